The Morgan fingerprint density at radius 2 is 1.21 bits per heavy atom. The molecule has 9 heteroatoms. The van der Waals surface area contributed by atoms with E-state index < -0.39 is 34.5 Å². The zero-order valence-corrected chi connectivity index (χ0v) is 19.6. The maximum absolute atomic E-state index is 10.5. The van der Waals surface area contributed by atoms with E-state index in [4.69, 9.17) is 20.5 Å². The van der Waals surface area contributed by atoms with E-state index in [1.165, 1.54) is 23.3 Å². The Morgan fingerprint density at radius 1 is 0.794 bits per heavy atom. The van der Waals surface area contributed by atoms with Gasteiger partial charge in [0, 0.05) is 0 Å². The van der Waals surface area contributed by atoms with Crippen molar-refractivity contribution in [2.75, 3.05) is 0 Å². The molecule has 1 atom stereocenters. The number of carboxylic acid groups (broad SMARTS) is 2. The Balaban J connectivity index is 0.000000263. The lowest BCUT2D eigenvalue weighted by atomic mass is 10.0. The van der Waals surface area contributed by atoms with Crippen LogP contribution in [0.2, 0.25) is 0 Å². The van der Waals surface area contributed by atoms with Gasteiger partial charge in [-0.05, 0) is 43.0 Å². The van der Waals surface area contributed by atoms with Gasteiger partial charge < -0.3 is 15.9 Å². The summed E-state index contributed by atoms with van der Waals surface area (Å²) in [7, 11) is -4.02. The molecule has 5 N–H and O–H groups in total. The lowest BCUT2D eigenvalue weighted by Crippen LogP contribution is -2.32. The minimum atomic E-state index is -4.02. The molecule has 0 radical (unpaired) electrons. The predicted molar refractivity (Wildman–Crippen MR) is 129 cm³/mol. The summed E-state index contributed by atoms with van der Waals surface area (Å²) in [5, 5.41) is 16.0. The zero-order chi connectivity index (χ0) is 25.6. The van der Waals surface area contributed by atoms with Crippen LogP contribution in [0.5, 0.6) is 0 Å². The molecule has 0 bridgehead atoms. The Bertz CT molecular complexity index is 1080. The second-order valence-electron chi connectivity index (χ2n) is 7.30. The van der Waals surface area contributed by atoms with Gasteiger partial charge in [-0.1, -0.05) is 78.4 Å². The minimum absolute atomic E-state index is 0.0666. The fraction of sp³-hybridized carbons (Fsp3) is 0.200. The number of carboxylic acids is 2. The van der Waals surface area contributed by atoms with Gasteiger partial charge in [0.25, 0.3) is 10.1 Å². The van der Waals surface area contributed by atoms with Crippen LogP contribution in [0.15, 0.2) is 89.8 Å². The van der Waals surface area contributed by atoms with Gasteiger partial charge in [0.05, 0.1) is 11.3 Å². The van der Waals surface area contributed by atoms with E-state index in [9.17, 15) is 18.0 Å². The molecule has 8 nitrogen and oxygen atoms in total. The lowest BCUT2D eigenvalue weighted by Gasteiger charge is -2.01. The first kappa shape index (κ1) is 28.5. The molecule has 0 aliphatic heterocycles. The van der Waals surface area contributed by atoms with E-state index >= 15 is 0 Å². The Kier molecular flexibility index (Phi) is 12.2. The topological polar surface area (TPSA) is 155 Å². The van der Waals surface area contributed by atoms with Crippen molar-refractivity contribution >= 4 is 22.1 Å². The third kappa shape index (κ3) is 12.5. The number of hydrogen-bond acceptors (Lipinski definition) is 5. The number of rotatable bonds is 7. The molecule has 182 valence electrons. The molecular weight excluding hydrogens is 458 g/mol. The standard InChI is InChI=1S/C14H14.C7H8O3S.C4H7NO4/c1-3-7-13(8-4-1)11-12-14-9-5-2-6-10-14;1-6-2-4-7(5-3-6)11(8,9)10;5-2(4(8)9)1-3(6)7/h1-10H,11-12H2;2-5H,1H3,(H,8,9,10);2H,1,5H2,(H,6,7)(H,8,9). The van der Waals surface area contributed by atoms with Gasteiger partial charge in [0.15, 0.2) is 0 Å². The van der Waals surface area contributed by atoms with E-state index in [0.717, 1.165) is 18.4 Å². The van der Waals surface area contributed by atoms with Crippen LogP contribution in [0.25, 0.3) is 0 Å². The van der Waals surface area contributed by atoms with Crippen LogP contribution < -0.4 is 5.73 Å². The molecule has 0 aliphatic rings. The summed E-state index contributed by atoms with van der Waals surface area (Å²) in [4.78, 5) is 19.6. The van der Waals surface area contributed by atoms with E-state index in [0.29, 0.717) is 0 Å². The summed E-state index contributed by atoms with van der Waals surface area (Å²) in [6, 6.07) is 25.9. The normalized spacial score (nSPS) is 11.1. The van der Waals surface area contributed by atoms with E-state index in [2.05, 4.69) is 60.7 Å². The average Bonchev–Trinajstić information content (AvgIpc) is 2.79. The van der Waals surface area contributed by atoms with Gasteiger partial charge in [-0.2, -0.15) is 8.42 Å². The van der Waals surface area contributed by atoms with Gasteiger partial charge in [-0.15, -0.1) is 0 Å². The minimum Gasteiger partial charge on any atom is -0.481 e. The first-order valence-electron chi connectivity index (χ1n) is 10.3. The summed E-state index contributed by atoms with van der Waals surface area (Å²) in [5.41, 5.74) is 8.62. The molecule has 3 rings (SSSR count). The van der Waals surface area contributed by atoms with E-state index in [-0.39, 0.29) is 4.90 Å². The second-order valence-corrected chi connectivity index (χ2v) is 8.72. The van der Waals surface area contributed by atoms with E-state index in [1.807, 2.05) is 6.92 Å². The molecule has 0 aliphatic carbocycles. The maximum Gasteiger partial charge on any atom is 0.321 e. The van der Waals surface area contributed by atoms with E-state index in [1.54, 1.807) is 12.1 Å². The number of nitrogens with two attached hydrogens (primary N) is 1. The Labute approximate surface area is 199 Å². The highest BCUT2D eigenvalue weighted by Gasteiger charge is 2.14. The molecule has 0 saturated heterocycles. The van der Waals surface area contributed by atoms with Crippen LogP contribution in [-0.4, -0.2) is 41.2 Å². The molecule has 0 amide bonds. The van der Waals surface area contributed by atoms with Crippen LogP contribution in [0, 0.1) is 6.92 Å². The summed E-state index contributed by atoms with van der Waals surface area (Å²) in [6.07, 6.45) is 1.73. The zero-order valence-electron chi connectivity index (χ0n) is 18.7. The summed E-state index contributed by atoms with van der Waals surface area (Å²) < 4.78 is 29.6. The van der Waals surface area contributed by atoms with Crippen molar-refractivity contribution in [2.45, 2.75) is 37.1 Å². The molecule has 34 heavy (non-hydrogen) atoms. The van der Waals surface area contributed by atoms with Crippen molar-refractivity contribution in [1.82, 2.24) is 0 Å². The fourth-order valence-corrected chi connectivity index (χ4v) is 3.04. The Hall–Kier alpha value is -3.53. The summed E-state index contributed by atoms with van der Waals surface area (Å²) >= 11 is 0. The number of benzene rings is 3. The van der Waals surface area contributed by atoms with Crippen LogP contribution in [0.4, 0.5) is 0 Å². The highest BCUT2D eigenvalue weighted by atomic mass is 32.2. The molecule has 0 fully saturated rings. The maximum atomic E-state index is 10.5. The third-order valence-corrected chi connectivity index (χ3v) is 5.29. The van der Waals surface area contributed by atoms with Crippen molar-refractivity contribution in [2.24, 2.45) is 5.73 Å². The molecule has 0 saturated carbocycles. The quantitative estimate of drug-likeness (QED) is 0.369. The van der Waals surface area contributed by atoms with Gasteiger partial charge in [-0.25, -0.2) is 0 Å². The van der Waals surface area contributed by atoms with Gasteiger partial charge in [0.1, 0.15) is 6.04 Å². The van der Waals surface area contributed by atoms with Crippen molar-refractivity contribution in [1.29, 1.82) is 0 Å². The average molecular weight is 488 g/mol. The SMILES string of the molecule is Cc1ccc(S(=O)(=O)O)cc1.NC(CC(=O)O)C(=O)O.c1ccc(CCc2ccccc2)cc1. The number of aliphatic carboxylic acids is 2. The smallest absolute Gasteiger partial charge is 0.321 e. The highest BCUT2D eigenvalue weighted by Crippen LogP contribution is 2.08. The van der Waals surface area contributed by atoms with Crippen molar-refractivity contribution in [3.63, 3.8) is 0 Å². The molecule has 3 aromatic carbocycles. The Morgan fingerprint density at radius 3 is 1.50 bits per heavy atom. The summed E-state index contributed by atoms with van der Waals surface area (Å²) in [6.45, 7) is 1.84. The second kappa shape index (κ2) is 14.6. The van der Waals surface area contributed by atoms with Crippen LogP contribution in [-0.2, 0) is 32.5 Å². The molecule has 0 aromatic heterocycles. The monoisotopic (exact) mass is 487 g/mol. The van der Waals surface area contributed by atoms with Gasteiger partial charge in [0.2, 0.25) is 0 Å². The number of carbonyl (C=O) groups is 2. The lowest BCUT2D eigenvalue weighted by molar-refractivity contribution is -0.144. The molecule has 0 spiro atoms. The molecule has 1 unspecified atom stereocenters. The largest absolute Gasteiger partial charge is 0.481 e. The number of aryl methyl sites for hydroxylation is 3. The summed E-state index contributed by atoms with van der Waals surface area (Å²) in [5.74, 6) is -2.50. The fourth-order valence-electron chi connectivity index (χ4n) is 2.56. The van der Waals surface area contributed by atoms with Crippen molar-refractivity contribution < 1.29 is 32.8 Å². The van der Waals surface area contributed by atoms with Gasteiger partial charge >= 0.3 is 11.9 Å². The molecule has 0 heterocycles. The van der Waals surface area contributed by atoms with Gasteiger partial charge in [-0.3, -0.25) is 14.1 Å². The van der Waals surface area contributed by atoms with Crippen LogP contribution in [0.1, 0.15) is 23.1 Å². The van der Waals surface area contributed by atoms with Crippen molar-refractivity contribution in [3.05, 3.63) is 102 Å². The molecule has 3 aromatic rings. The third-order valence-electron chi connectivity index (χ3n) is 4.42. The van der Waals surface area contributed by atoms with Crippen molar-refractivity contribution in [3.8, 4) is 0 Å². The number of hydrogen-bond donors (Lipinski definition) is 4. The van der Waals surface area contributed by atoms with Crippen LogP contribution >= 0.6 is 0 Å². The predicted octanol–water partition coefficient (Wildman–Crippen LogP) is 3.59. The van der Waals surface area contributed by atoms with Crippen LogP contribution in [0.3, 0.4) is 0 Å². The highest BCUT2D eigenvalue weighted by molar-refractivity contribution is 7.85. The first-order chi connectivity index (χ1) is 16.0. The first-order valence-corrected chi connectivity index (χ1v) is 11.7. The molecular formula is C25H29NO7S.